The largest absolute Gasteiger partial charge is 0.480 e. The molecule has 0 heterocycles. The third-order valence-corrected chi connectivity index (χ3v) is 3.16. The molecule has 7 heteroatoms. The second-order valence-electron chi connectivity index (χ2n) is 4.86. The van der Waals surface area contributed by atoms with Crippen molar-refractivity contribution in [1.82, 2.24) is 5.32 Å². The van der Waals surface area contributed by atoms with Gasteiger partial charge in [0.15, 0.2) is 0 Å². The molecular weight excluding hydrogens is 274 g/mol. The predicted molar refractivity (Wildman–Crippen MR) is 77.8 cm³/mol. The molecule has 0 saturated carbocycles. The predicted octanol–water partition coefficient (Wildman–Crippen LogP) is -0.599. The fourth-order valence-electron chi connectivity index (χ4n) is 1.99. The number of aliphatic carboxylic acids is 2. The smallest absolute Gasteiger partial charge is 0.321 e. The minimum Gasteiger partial charge on any atom is -0.480 e. The van der Waals surface area contributed by atoms with Crippen LogP contribution < -0.4 is 16.8 Å². The Balaban J connectivity index is 2.67. The molecule has 0 aliphatic heterocycles. The van der Waals surface area contributed by atoms with Gasteiger partial charge < -0.3 is 21.7 Å². The number of hydrogen-bond donors (Lipinski definition) is 5. The van der Waals surface area contributed by atoms with Crippen LogP contribution in [0.2, 0.25) is 0 Å². The quantitative estimate of drug-likeness (QED) is 0.410. The van der Waals surface area contributed by atoms with Crippen LogP contribution in [0.25, 0.3) is 0 Å². The average Bonchev–Trinajstić information content (AvgIpc) is 2.46. The molecule has 1 aromatic rings. The molecule has 0 aliphatic carbocycles. The third kappa shape index (κ3) is 5.90. The highest BCUT2D eigenvalue weighted by Gasteiger charge is 2.24. The monoisotopic (exact) mass is 295 g/mol. The highest BCUT2D eigenvalue weighted by Crippen LogP contribution is 2.06. The Hall–Kier alpha value is -1.96. The maximum Gasteiger partial charge on any atom is 0.321 e. The van der Waals surface area contributed by atoms with Gasteiger partial charge in [-0.25, -0.2) is 0 Å². The molecule has 0 saturated heterocycles. The van der Waals surface area contributed by atoms with Gasteiger partial charge in [0.05, 0.1) is 0 Å². The van der Waals surface area contributed by atoms with Gasteiger partial charge in [-0.1, -0.05) is 30.3 Å². The molecular formula is C14H21N3O4. The van der Waals surface area contributed by atoms with Gasteiger partial charge in [0.2, 0.25) is 0 Å². The first-order valence-corrected chi connectivity index (χ1v) is 6.65. The first kappa shape index (κ1) is 17.1. The van der Waals surface area contributed by atoms with Crippen LogP contribution in [0.3, 0.4) is 0 Å². The van der Waals surface area contributed by atoms with Crippen molar-refractivity contribution in [2.75, 3.05) is 6.54 Å². The molecule has 1 rings (SSSR count). The maximum atomic E-state index is 11.3. The lowest BCUT2D eigenvalue weighted by Crippen LogP contribution is -2.50. The molecule has 21 heavy (non-hydrogen) atoms. The maximum absolute atomic E-state index is 11.3. The van der Waals surface area contributed by atoms with Crippen molar-refractivity contribution in [3.05, 3.63) is 35.9 Å². The van der Waals surface area contributed by atoms with E-state index < -0.39 is 30.1 Å². The van der Waals surface area contributed by atoms with Crippen LogP contribution in [0.1, 0.15) is 12.0 Å². The summed E-state index contributed by atoms with van der Waals surface area (Å²) in [7, 11) is 0. The highest BCUT2D eigenvalue weighted by molar-refractivity contribution is 5.74. The van der Waals surface area contributed by atoms with E-state index in [0.717, 1.165) is 5.56 Å². The molecule has 1 unspecified atom stereocenters. The number of benzene rings is 1. The van der Waals surface area contributed by atoms with Crippen molar-refractivity contribution in [3.63, 3.8) is 0 Å². The molecule has 0 fully saturated rings. The number of hydrogen-bond acceptors (Lipinski definition) is 5. The van der Waals surface area contributed by atoms with E-state index in [4.69, 9.17) is 16.6 Å². The molecule has 0 amide bonds. The van der Waals surface area contributed by atoms with Crippen molar-refractivity contribution in [3.8, 4) is 0 Å². The number of nitrogens with two attached hydrogens (primary N) is 2. The van der Waals surface area contributed by atoms with E-state index in [-0.39, 0.29) is 19.4 Å². The number of carboxylic acid groups (broad SMARTS) is 2. The van der Waals surface area contributed by atoms with Gasteiger partial charge in [0.1, 0.15) is 12.1 Å². The molecule has 7 nitrogen and oxygen atoms in total. The second kappa shape index (κ2) is 8.35. The number of carboxylic acids is 2. The summed E-state index contributed by atoms with van der Waals surface area (Å²) >= 11 is 0. The number of rotatable bonds is 9. The lowest BCUT2D eigenvalue weighted by molar-refractivity contribution is -0.139. The summed E-state index contributed by atoms with van der Waals surface area (Å²) in [5.74, 6) is -2.15. The molecule has 0 aromatic heterocycles. The zero-order valence-electron chi connectivity index (χ0n) is 11.6. The molecule has 3 atom stereocenters. The number of carbonyl (C=O) groups is 2. The van der Waals surface area contributed by atoms with E-state index in [2.05, 4.69) is 5.32 Å². The second-order valence-corrected chi connectivity index (χ2v) is 4.86. The topological polar surface area (TPSA) is 139 Å². The first-order valence-electron chi connectivity index (χ1n) is 6.65. The average molecular weight is 295 g/mol. The van der Waals surface area contributed by atoms with E-state index >= 15 is 0 Å². The Morgan fingerprint density at radius 3 is 2.24 bits per heavy atom. The zero-order chi connectivity index (χ0) is 15.8. The van der Waals surface area contributed by atoms with Crippen LogP contribution in [-0.4, -0.2) is 46.8 Å². The highest BCUT2D eigenvalue weighted by atomic mass is 16.4. The van der Waals surface area contributed by atoms with E-state index in [0.29, 0.717) is 0 Å². The standard InChI is InChI=1S/C14H21N3O4/c15-8-10(7-11(16)13(18)19)17-12(14(20)21)6-9-4-2-1-3-5-9/h1-5,10-12,17H,6-8,15-16H2,(H,18,19)(H,20,21)/t10?,11-,12-/m0/s1. The van der Waals surface area contributed by atoms with Gasteiger partial charge in [-0.15, -0.1) is 0 Å². The molecule has 1 aromatic carbocycles. The zero-order valence-corrected chi connectivity index (χ0v) is 11.6. The van der Waals surface area contributed by atoms with E-state index in [1.165, 1.54) is 0 Å². The minimum absolute atomic E-state index is 0.0738. The summed E-state index contributed by atoms with van der Waals surface area (Å²) in [5.41, 5.74) is 11.9. The van der Waals surface area contributed by atoms with Crippen LogP contribution in [0.4, 0.5) is 0 Å². The Morgan fingerprint density at radius 2 is 1.76 bits per heavy atom. The molecule has 0 radical (unpaired) electrons. The van der Waals surface area contributed by atoms with Gasteiger partial charge in [0.25, 0.3) is 0 Å². The van der Waals surface area contributed by atoms with E-state index in [9.17, 15) is 14.7 Å². The lowest BCUT2D eigenvalue weighted by Gasteiger charge is -2.23. The fourth-order valence-corrected chi connectivity index (χ4v) is 1.99. The van der Waals surface area contributed by atoms with Crippen LogP contribution in [0, 0.1) is 0 Å². The number of nitrogens with one attached hydrogen (secondary N) is 1. The summed E-state index contributed by atoms with van der Waals surface area (Å²) in [4.78, 5) is 22.1. The summed E-state index contributed by atoms with van der Waals surface area (Å²) in [5, 5.41) is 20.9. The Morgan fingerprint density at radius 1 is 1.14 bits per heavy atom. The molecule has 0 aliphatic rings. The van der Waals surface area contributed by atoms with Crippen LogP contribution >= 0.6 is 0 Å². The van der Waals surface area contributed by atoms with E-state index in [1.54, 1.807) is 0 Å². The molecule has 0 bridgehead atoms. The SMILES string of the molecule is NCC(C[C@H](N)C(=O)O)N[C@@H](Cc1ccccc1)C(=O)O. The van der Waals surface area contributed by atoms with Crippen LogP contribution in [0.15, 0.2) is 30.3 Å². The van der Waals surface area contributed by atoms with Crippen molar-refractivity contribution in [2.24, 2.45) is 11.5 Å². The van der Waals surface area contributed by atoms with Crippen molar-refractivity contribution in [1.29, 1.82) is 0 Å². The Labute approximate surface area is 122 Å². The summed E-state index contributed by atoms with van der Waals surface area (Å²) < 4.78 is 0. The molecule has 7 N–H and O–H groups in total. The first-order chi connectivity index (χ1) is 9.93. The van der Waals surface area contributed by atoms with Crippen molar-refractivity contribution in [2.45, 2.75) is 31.0 Å². The van der Waals surface area contributed by atoms with Crippen LogP contribution in [-0.2, 0) is 16.0 Å². The van der Waals surface area contributed by atoms with Crippen molar-refractivity contribution < 1.29 is 19.8 Å². The Bertz CT molecular complexity index is 467. The van der Waals surface area contributed by atoms with Gasteiger partial charge in [-0.2, -0.15) is 0 Å². The summed E-state index contributed by atoms with van der Waals surface area (Å²) in [6.45, 7) is 0.111. The van der Waals surface area contributed by atoms with Gasteiger partial charge in [-0.3, -0.25) is 14.9 Å². The lowest BCUT2D eigenvalue weighted by atomic mass is 10.0. The van der Waals surface area contributed by atoms with Gasteiger partial charge in [-0.05, 0) is 18.4 Å². The summed E-state index contributed by atoms with van der Waals surface area (Å²) in [6.07, 6.45) is 0.361. The van der Waals surface area contributed by atoms with Gasteiger partial charge >= 0.3 is 11.9 Å². The Kier molecular flexibility index (Phi) is 6.80. The summed E-state index contributed by atoms with van der Waals surface area (Å²) in [6, 6.07) is 6.78. The van der Waals surface area contributed by atoms with Crippen molar-refractivity contribution >= 4 is 11.9 Å². The van der Waals surface area contributed by atoms with Gasteiger partial charge in [0, 0.05) is 12.6 Å². The fraction of sp³-hybridized carbons (Fsp3) is 0.429. The molecule has 0 spiro atoms. The minimum atomic E-state index is -1.13. The van der Waals surface area contributed by atoms with Crippen LogP contribution in [0.5, 0.6) is 0 Å². The van der Waals surface area contributed by atoms with E-state index in [1.807, 2.05) is 30.3 Å². The normalized spacial score (nSPS) is 15.1. The molecule has 116 valence electrons. The third-order valence-electron chi connectivity index (χ3n) is 3.16.